The Morgan fingerprint density at radius 2 is 1.80 bits per heavy atom. The number of anilines is 1. The highest BCUT2D eigenvalue weighted by Gasteiger charge is 2.47. The van der Waals surface area contributed by atoms with Crippen molar-refractivity contribution in [1.29, 1.82) is 0 Å². The van der Waals surface area contributed by atoms with Crippen LogP contribution in [-0.2, 0) is 23.9 Å². The van der Waals surface area contributed by atoms with Crippen molar-refractivity contribution in [3.05, 3.63) is 23.8 Å². The van der Waals surface area contributed by atoms with Crippen LogP contribution in [0.15, 0.2) is 18.2 Å². The van der Waals surface area contributed by atoms with Gasteiger partial charge in [0.25, 0.3) is 5.91 Å². The van der Waals surface area contributed by atoms with Gasteiger partial charge in [-0.1, -0.05) is 18.9 Å². The molecule has 2 fully saturated rings. The van der Waals surface area contributed by atoms with Crippen LogP contribution >= 0.6 is 0 Å². The van der Waals surface area contributed by atoms with Crippen molar-refractivity contribution in [3.63, 3.8) is 0 Å². The third kappa shape index (κ3) is 4.63. The van der Waals surface area contributed by atoms with Crippen LogP contribution in [0.25, 0.3) is 0 Å². The molecule has 8 nitrogen and oxygen atoms in total. The van der Waals surface area contributed by atoms with Crippen molar-refractivity contribution in [2.45, 2.75) is 52.1 Å². The van der Waals surface area contributed by atoms with Gasteiger partial charge in [-0.15, -0.1) is 0 Å². The van der Waals surface area contributed by atoms with Crippen LogP contribution in [0.4, 0.5) is 5.69 Å². The quantitative estimate of drug-likeness (QED) is 0.541. The van der Waals surface area contributed by atoms with E-state index in [1.54, 1.807) is 12.1 Å². The van der Waals surface area contributed by atoms with Gasteiger partial charge >= 0.3 is 5.97 Å². The Bertz CT molecular complexity index is 828. The zero-order chi connectivity index (χ0) is 21.8. The van der Waals surface area contributed by atoms with Gasteiger partial charge in [0.05, 0.1) is 31.1 Å². The van der Waals surface area contributed by atoms with Gasteiger partial charge in [0.1, 0.15) is 5.75 Å². The van der Waals surface area contributed by atoms with Crippen LogP contribution in [0.2, 0.25) is 0 Å². The fraction of sp³-hybridized carbons (Fsp3) is 0.545. The summed E-state index contributed by atoms with van der Waals surface area (Å²) in [5.74, 6) is -1.48. The second-order valence-electron chi connectivity index (χ2n) is 7.90. The maximum Gasteiger partial charge on any atom is 0.308 e. The summed E-state index contributed by atoms with van der Waals surface area (Å²) in [4.78, 5) is 50.7. The molecule has 3 amide bonds. The zero-order valence-electron chi connectivity index (χ0n) is 17.6. The Morgan fingerprint density at radius 1 is 1.17 bits per heavy atom. The van der Waals surface area contributed by atoms with Crippen LogP contribution in [0.1, 0.15) is 44.6 Å². The Kier molecular flexibility index (Phi) is 6.74. The molecule has 3 atom stereocenters. The van der Waals surface area contributed by atoms with Crippen molar-refractivity contribution < 1.29 is 28.7 Å². The standard InChI is InChI=1S/C22H28N2O6/c1-13-8-9-18(29-3)17(12-13)23-20(26)14(2)30-19(25)10-11-24-21(27)15-6-4-5-7-16(15)22(24)28/h8-9,12,14-16H,4-7,10-11H2,1-3H3,(H,23,26)/t14-,15+,16+/m1/s1. The van der Waals surface area contributed by atoms with Gasteiger partial charge in [0.15, 0.2) is 6.10 Å². The Balaban J connectivity index is 1.51. The lowest BCUT2D eigenvalue weighted by molar-refractivity contribution is -0.154. The molecule has 30 heavy (non-hydrogen) atoms. The number of carbonyl (C=O) groups excluding carboxylic acids is 4. The highest BCUT2D eigenvalue weighted by atomic mass is 16.5. The second-order valence-corrected chi connectivity index (χ2v) is 7.90. The van der Waals surface area contributed by atoms with Gasteiger partial charge in [-0.05, 0) is 44.4 Å². The molecule has 0 bridgehead atoms. The zero-order valence-corrected chi connectivity index (χ0v) is 17.6. The highest BCUT2D eigenvalue weighted by molar-refractivity contribution is 6.05. The number of carbonyl (C=O) groups is 4. The monoisotopic (exact) mass is 416 g/mol. The van der Waals surface area contributed by atoms with Crippen LogP contribution in [0.3, 0.4) is 0 Å². The topological polar surface area (TPSA) is 102 Å². The minimum atomic E-state index is -1.03. The van der Waals surface area contributed by atoms with E-state index < -0.39 is 18.0 Å². The number of rotatable bonds is 7. The average molecular weight is 416 g/mol. The fourth-order valence-electron chi connectivity index (χ4n) is 4.12. The van der Waals surface area contributed by atoms with Crippen molar-refractivity contribution in [3.8, 4) is 5.75 Å². The molecule has 1 aliphatic carbocycles. The number of methoxy groups -OCH3 is 1. The SMILES string of the molecule is COc1ccc(C)cc1NC(=O)[C@@H](C)OC(=O)CCN1C(=O)[C@H]2CCCC[C@@H]2C1=O. The summed E-state index contributed by atoms with van der Waals surface area (Å²) >= 11 is 0. The Morgan fingerprint density at radius 3 is 2.40 bits per heavy atom. The van der Waals surface area contributed by atoms with Crippen molar-refractivity contribution >= 4 is 29.4 Å². The van der Waals surface area contributed by atoms with Crippen LogP contribution < -0.4 is 10.1 Å². The summed E-state index contributed by atoms with van der Waals surface area (Å²) in [6.45, 7) is 3.34. The number of hydrogen-bond donors (Lipinski definition) is 1. The molecule has 1 heterocycles. The van der Waals surface area contributed by atoms with E-state index in [0.717, 1.165) is 31.2 Å². The minimum Gasteiger partial charge on any atom is -0.495 e. The van der Waals surface area contributed by atoms with E-state index in [-0.39, 0.29) is 36.6 Å². The van der Waals surface area contributed by atoms with E-state index in [4.69, 9.17) is 9.47 Å². The normalized spacial score (nSPS) is 21.8. The molecular weight excluding hydrogens is 388 g/mol. The predicted octanol–water partition coefficient (Wildman–Crippen LogP) is 2.44. The molecule has 1 saturated carbocycles. The number of nitrogens with one attached hydrogen (secondary N) is 1. The summed E-state index contributed by atoms with van der Waals surface area (Å²) in [6.07, 6.45) is 2.20. The Hall–Kier alpha value is -2.90. The molecule has 2 aliphatic rings. The molecule has 1 N–H and O–H groups in total. The van der Waals surface area contributed by atoms with Gasteiger partial charge in [-0.2, -0.15) is 0 Å². The number of amides is 3. The van der Waals surface area contributed by atoms with Gasteiger partial charge < -0.3 is 14.8 Å². The van der Waals surface area contributed by atoms with Gasteiger partial charge in [0, 0.05) is 6.54 Å². The molecule has 8 heteroatoms. The first-order valence-electron chi connectivity index (χ1n) is 10.3. The summed E-state index contributed by atoms with van der Waals surface area (Å²) in [5.41, 5.74) is 1.43. The molecule has 0 unspecified atom stereocenters. The van der Waals surface area contributed by atoms with E-state index in [0.29, 0.717) is 11.4 Å². The lowest BCUT2D eigenvalue weighted by Crippen LogP contribution is -2.35. The summed E-state index contributed by atoms with van der Waals surface area (Å²) in [7, 11) is 1.50. The fourth-order valence-corrected chi connectivity index (χ4v) is 4.12. The minimum absolute atomic E-state index is 0.0104. The number of imide groups is 1. The van der Waals surface area contributed by atoms with E-state index in [2.05, 4.69) is 5.32 Å². The molecule has 1 aromatic rings. The first-order valence-corrected chi connectivity index (χ1v) is 10.3. The number of fused-ring (bicyclic) bond motifs is 1. The van der Waals surface area contributed by atoms with E-state index in [1.165, 1.54) is 18.9 Å². The number of aryl methyl sites for hydroxylation is 1. The van der Waals surface area contributed by atoms with Crippen molar-refractivity contribution in [1.82, 2.24) is 4.90 Å². The number of ether oxygens (including phenoxy) is 2. The smallest absolute Gasteiger partial charge is 0.308 e. The van der Waals surface area contributed by atoms with Gasteiger partial charge in [0.2, 0.25) is 11.8 Å². The molecule has 1 aromatic carbocycles. The van der Waals surface area contributed by atoms with Crippen LogP contribution in [0.5, 0.6) is 5.75 Å². The number of esters is 1. The summed E-state index contributed by atoms with van der Waals surface area (Å²) in [5, 5.41) is 2.69. The molecule has 0 aromatic heterocycles. The third-order valence-corrected chi connectivity index (χ3v) is 5.76. The Labute approximate surface area is 175 Å². The largest absolute Gasteiger partial charge is 0.495 e. The predicted molar refractivity (Wildman–Crippen MR) is 109 cm³/mol. The third-order valence-electron chi connectivity index (χ3n) is 5.76. The number of likely N-dealkylation sites (tertiary alicyclic amines) is 1. The van der Waals surface area contributed by atoms with Crippen molar-refractivity contribution in [2.24, 2.45) is 11.8 Å². The van der Waals surface area contributed by atoms with E-state index >= 15 is 0 Å². The average Bonchev–Trinajstić information content (AvgIpc) is 2.97. The molecule has 1 saturated heterocycles. The molecule has 3 rings (SSSR count). The molecule has 162 valence electrons. The first-order chi connectivity index (χ1) is 14.3. The van der Waals surface area contributed by atoms with Gasteiger partial charge in [-0.3, -0.25) is 24.1 Å². The number of hydrogen-bond acceptors (Lipinski definition) is 6. The number of nitrogens with zero attached hydrogens (tertiary/aromatic N) is 1. The maximum atomic E-state index is 12.5. The second kappa shape index (κ2) is 9.28. The molecular formula is C22H28N2O6. The van der Waals surface area contributed by atoms with E-state index in [9.17, 15) is 19.2 Å². The first kappa shape index (κ1) is 21.8. The van der Waals surface area contributed by atoms with Gasteiger partial charge in [-0.25, -0.2) is 0 Å². The lowest BCUT2D eigenvalue weighted by atomic mass is 9.81. The highest BCUT2D eigenvalue weighted by Crippen LogP contribution is 2.38. The molecule has 1 aliphatic heterocycles. The summed E-state index contributed by atoms with van der Waals surface area (Å²) in [6, 6.07) is 5.35. The van der Waals surface area contributed by atoms with Crippen molar-refractivity contribution in [2.75, 3.05) is 19.0 Å². The van der Waals surface area contributed by atoms with Crippen LogP contribution in [-0.4, -0.2) is 48.3 Å². The maximum absolute atomic E-state index is 12.5. The number of benzene rings is 1. The molecule has 0 radical (unpaired) electrons. The molecule has 0 spiro atoms. The van der Waals surface area contributed by atoms with E-state index in [1.807, 2.05) is 13.0 Å². The van der Waals surface area contributed by atoms with Crippen LogP contribution in [0, 0.1) is 18.8 Å². The summed E-state index contributed by atoms with van der Waals surface area (Å²) < 4.78 is 10.4. The lowest BCUT2D eigenvalue weighted by Gasteiger charge is -2.19.